The molecule has 1 saturated carbocycles. The molecule has 1 heterocycles. The zero-order valence-electron chi connectivity index (χ0n) is 12.1. The largest absolute Gasteiger partial charge is 0.490 e. The van der Waals surface area contributed by atoms with Crippen LogP contribution in [0.2, 0.25) is 0 Å². The summed E-state index contributed by atoms with van der Waals surface area (Å²) in [5.41, 5.74) is 2.68. The van der Waals surface area contributed by atoms with Gasteiger partial charge >= 0.3 is 0 Å². The van der Waals surface area contributed by atoms with E-state index in [2.05, 4.69) is 32.0 Å². The smallest absolute Gasteiger partial charge is 0.122 e. The second-order valence-electron chi connectivity index (χ2n) is 6.24. The lowest BCUT2D eigenvalue weighted by atomic mass is 9.90. The van der Waals surface area contributed by atoms with Crippen molar-refractivity contribution >= 4 is 0 Å². The molecule has 1 spiro atoms. The third-order valence-corrected chi connectivity index (χ3v) is 4.59. The highest BCUT2D eigenvalue weighted by molar-refractivity contribution is 5.35. The van der Waals surface area contributed by atoms with E-state index in [1.807, 2.05) is 0 Å². The molecule has 104 valence electrons. The molecule has 2 heteroatoms. The van der Waals surface area contributed by atoms with Crippen molar-refractivity contribution in [3.63, 3.8) is 0 Å². The van der Waals surface area contributed by atoms with Crippen LogP contribution in [-0.2, 0) is 4.74 Å². The summed E-state index contributed by atoms with van der Waals surface area (Å²) in [6, 6.07) is 6.44. The van der Waals surface area contributed by atoms with Crippen molar-refractivity contribution in [1.82, 2.24) is 0 Å². The van der Waals surface area contributed by atoms with Crippen LogP contribution in [0.25, 0.3) is 0 Å². The summed E-state index contributed by atoms with van der Waals surface area (Å²) >= 11 is 0. The van der Waals surface area contributed by atoms with Gasteiger partial charge in [0.15, 0.2) is 0 Å². The van der Waals surface area contributed by atoms with E-state index in [4.69, 9.17) is 9.47 Å². The quantitative estimate of drug-likeness (QED) is 0.794. The van der Waals surface area contributed by atoms with Crippen molar-refractivity contribution in [2.45, 2.75) is 64.1 Å². The molecule has 3 rings (SSSR count). The second-order valence-corrected chi connectivity index (χ2v) is 6.24. The van der Waals surface area contributed by atoms with Crippen molar-refractivity contribution < 1.29 is 9.47 Å². The molecule has 19 heavy (non-hydrogen) atoms. The van der Waals surface area contributed by atoms with Gasteiger partial charge in [-0.05, 0) is 38.3 Å². The van der Waals surface area contributed by atoms with Crippen LogP contribution >= 0.6 is 0 Å². The summed E-state index contributed by atoms with van der Waals surface area (Å²) < 4.78 is 12.3. The Kier molecular flexibility index (Phi) is 3.53. The third kappa shape index (κ3) is 2.79. The molecule has 2 aliphatic rings. The fourth-order valence-electron chi connectivity index (χ4n) is 3.56. The van der Waals surface area contributed by atoms with Crippen molar-refractivity contribution in [2.24, 2.45) is 0 Å². The van der Waals surface area contributed by atoms with E-state index in [9.17, 15) is 0 Å². The summed E-state index contributed by atoms with van der Waals surface area (Å²) in [6.45, 7) is 5.11. The molecular weight excluding hydrogens is 236 g/mol. The summed E-state index contributed by atoms with van der Waals surface area (Å²) in [6.07, 6.45) is 7.50. The minimum atomic E-state index is 0.140. The third-order valence-electron chi connectivity index (χ3n) is 4.59. The van der Waals surface area contributed by atoms with Crippen LogP contribution in [0.4, 0.5) is 0 Å². The summed E-state index contributed by atoms with van der Waals surface area (Å²) in [4.78, 5) is 0. The predicted octanol–water partition coefficient (Wildman–Crippen LogP) is 4.17. The highest BCUT2D eigenvalue weighted by atomic mass is 16.5. The number of ether oxygens (including phenoxy) is 2. The van der Waals surface area contributed by atoms with Crippen molar-refractivity contribution in [1.29, 1.82) is 0 Å². The molecule has 2 fully saturated rings. The minimum absolute atomic E-state index is 0.140. The molecule has 0 N–H and O–H groups in total. The molecule has 1 unspecified atom stereocenters. The van der Waals surface area contributed by atoms with Gasteiger partial charge in [-0.3, -0.25) is 0 Å². The zero-order valence-corrected chi connectivity index (χ0v) is 12.1. The van der Waals surface area contributed by atoms with Gasteiger partial charge < -0.3 is 9.47 Å². The lowest BCUT2D eigenvalue weighted by Gasteiger charge is -2.38. The fourth-order valence-corrected chi connectivity index (χ4v) is 3.56. The summed E-state index contributed by atoms with van der Waals surface area (Å²) in [7, 11) is 0. The van der Waals surface area contributed by atoms with Crippen LogP contribution in [0.3, 0.4) is 0 Å². The van der Waals surface area contributed by atoms with Gasteiger partial charge in [-0.25, -0.2) is 0 Å². The summed E-state index contributed by atoms with van der Waals surface area (Å²) in [5, 5.41) is 0. The van der Waals surface area contributed by atoms with Crippen LogP contribution in [0, 0.1) is 13.8 Å². The van der Waals surface area contributed by atoms with E-state index in [1.54, 1.807) is 0 Å². The lowest BCUT2D eigenvalue weighted by molar-refractivity contribution is -0.108. The molecule has 0 bridgehead atoms. The van der Waals surface area contributed by atoms with Crippen LogP contribution in [0.5, 0.6) is 5.75 Å². The first-order valence-corrected chi connectivity index (χ1v) is 7.55. The molecule has 1 aliphatic carbocycles. The maximum absolute atomic E-state index is 6.25. The molecule has 1 aromatic rings. The number of hydrogen-bond acceptors (Lipinski definition) is 2. The molecular formula is C17H24O2. The monoisotopic (exact) mass is 260 g/mol. The van der Waals surface area contributed by atoms with Gasteiger partial charge in [0, 0.05) is 12.8 Å². The molecule has 0 radical (unpaired) electrons. The Morgan fingerprint density at radius 1 is 1.21 bits per heavy atom. The van der Waals surface area contributed by atoms with E-state index >= 15 is 0 Å². The molecule has 1 aliphatic heterocycles. The predicted molar refractivity (Wildman–Crippen MR) is 76.7 cm³/mol. The molecule has 0 amide bonds. The Bertz CT molecular complexity index is 447. The number of benzene rings is 1. The first-order chi connectivity index (χ1) is 9.17. The Hall–Kier alpha value is -1.02. The minimum Gasteiger partial charge on any atom is -0.490 e. The van der Waals surface area contributed by atoms with Gasteiger partial charge in [0.25, 0.3) is 0 Å². The highest BCUT2D eigenvalue weighted by Crippen LogP contribution is 2.41. The topological polar surface area (TPSA) is 18.5 Å². The Morgan fingerprint density at radius 3 is 2.74 bits per heavy atom. The van der Waals surface area contributed by atoms with Crippen LogP contribution < -0.4 is 4.74 Å². The molecule has 1 saturated heterocycles. The van der Waals surface area contributed by atoms with Gasteiger partial charge in [-0.1, -0.05) is 30.5 Å². The standard InChI is InChI=1S/C17H24O2/c1-13-5-6-16(14(2)11-13)19-15-7-10-18-17(12-15)8-3-4-9-17/h5-6,11,15H,3-4,7-10,12H2,1-2H3. The highest BCUT2D eigenvalue weighted by Gasteiger charge is 2.40. The Balaban J connectivity index is 1.69. The molecule has 0 aromatic heterocycles. The average Bonchev–Trinajstić information content (AvgIpc) is 2.81. The second kappa shape index (κ2) is 5.16. The molecule has 1 aromatic carbocycles. The van der Waals surface area contributed by atoms with Gasteiger partial charge in [-0.15, -0.1) is 0 Å². The Labute approximate surface area is 116 Å². The van der Waals surface area contributed by atoms with Crippen molar-refractivity contribution in [3.8, 4) is 5.75 Å². The first kappa shape index (κ1) is 13.0. The van der Waals surface area contributed by atoms with Gasteiger partial charge in [0.1, 0.15) is 11.9 Å². The van der Waals surface area contributed by atoms with E-state index in [0.29, 0.717) is 6.10 Å². The first-order valence-electron chi connectivity index (χ1n) is 7.55. The van der Waals surface area contributed by atoms with Crippen molar-refractivity contribution in [2.75, 3.05) is 6.61 Å². The van der Waals surface area contributed by atoms with E-state index < -0.39 is 0 Å². The SMILES string of the molecule is Cc1ccc(OC2CCOC3(CCCC3)C2)c(C)c1. The van der Waals surface area contributed by atoms with E-state index in [0.717, 1.165) is 25.2 Å². The van der Waals surface area contributed by atoms with E-state index in [-0.39, 0.29) is 5.60 Å². The maximum Gasteiger partial charge on any atom is 0.122 e. The normalized spacial score (nSPS) is 25.7. The molecule has 2 nitrogen and oxygen atoms in total. The lowest BCUT2D eigenvalue weighted by Crippen LogP contribution is -2.41. The number of rotatable bonds is 2. The van der Waals surface area contributed by atoms with Gasteiger partial charge in [0.2, 0.25) is 0 Å². The maximum atomic E-state index is 6.25. The van der Waals surface area contributed by atoms with Gasteiger partial charge in [0.05, 0.1) is 12.2 Å². The van der Waals surface area contributed by atoms with Crippen LogP contribution in [-0.4, -0.2) is 18.3 Å². The number of hydrogen-bond donors (Lipinski definition) is 0. The summed E-state index contributed by atoms with van der Waals surface area (Å²) in [5.74, 6) is 1.05. The van der Waals surface area contributed by atoms with Crippen molar-refractivity contribution in [3.05, 3.63) is 29.3 Å². The van der Waals surface area contributed by atoms with Crippen LogP contribution in [0.1, 0.15) is 49.7 Å². The van der Waals surface area contributed by atoms with Gasteiger partial charge in [-0.2, -0.15) is 0 Å². The zero-order chi connectivity index (χ0) is 13.3. The number of aryl methyl sites for hydroxylation is 2. The van der Waals surface area contributed by atoms with Crippen LogP contribution in [0.15, 0.2) is 18.2 Å². The Morgan fingerprint density at radius 2 is 2.00 bits per heavy atom. The fraction of sp³-hybridized carbons (Fsp3) is 0.647. The van der Waals surface area contributed by atoms with E-state index in [1.165, 1.54) is 36.8 Å². The average molecular weight is 260 g/mol. The molecule has 1 atom stereocenters.